The highest BCUT2D eigenvalue weighted by Crippen LogP contribution is 2.44. The number of methoxy groups -OCH3 is 2. The number of alkyl carbamates (subject to hydrolysis) is 1. The van der Waals surface area contributed by atoms with Gasteiger partial charge in [-0.3, -0.25) is 0 Å². The van der Waals surface area contributed by atoms with Crippen molar-refractivity contribution in [3.05, 3.63) is 107 Å². The van der Waals surface area contributed by atoms with Crippen molar-refractivity contribution in [2.45, 2.75) is 25.3 Å². The maximum Gasteiger partial charge on any atom is 0.407 e. The van der Waals surface area contributed by atoms with Crippen LogP contribution in [0.2, 0.25) is 0 Å². The van der Waals surface area contributed by atoms with Gasteiger partial charge in [-0.1, -0.05) is 54.6 Å². The van der Waals surface area contributed by atoms with Gasteiger partial charge in [0.25, 0.3) is 0 Å². The lowest BCUT2D eigenvalue weighted by molar-refractivity contribution is -0.139. The van der Waals surface area contributed by atoms with Crippen LogP contribution in [-0.4, -0.2) is 53.4 Å². The highest BCUT2D eigenvalue weighted by molar-refractivity contribution is 5.82. The van der Waals surface area contributed by atoms with Crippen LogP contribution in [0.25, 0.3) is 28.0 Å². The molecule has 0 bridgehead atoms. The Kier molecular flexibility index (Phi) is 7.46. The minimum atomic E-state index is -1.27. The van der Waals surface area contributed by atoms with Crippen molar-refractivity contribution in [1.29, 1.82) is 0 Å². The quantitative estimate of drug-likeness (QED) is 0.226. The third-order valence-corrected chi connectivity index (χ3v) is 7.85. The molecule has 0 fully saturated rings. The summed E-state index contributed by atoms with van der Waals surface area (Å²) in [7, 11) is 3.11. The van der Waals surface area contributed by atoms with Gasteiger partial charge in [-0.15, -0.1) is 0 Å². The molecule has 2 aromatic heterocycles. The van der Waals surface area contributed by atoms with Gasteiger partial charge < -0.3 is 29.0 Å². The van der Waals surface area contributed by atoms with E-state index in [0.29, 0.717) is 28.5 Å². The van der Waals surface area contributed by atoms with E-state index in [1.807, 2.05) is 72.1 Å². The molecule has 9 nitrogen and oxygen atoms in total. The molecule has 1 aliphatic rings. The standard InChI is InChI=1S/C34H31N3O6/c1-20-12-15-31-36-32(21-13-14-29(41-2)30(16-21)42-3)28(37(31)18-20)17-27(33(38)39)35-34(40)43-19-26-24-10-6-4-8-22(24)23-9-5-7-11-25(23)26/h4-16,18,26-27H,17,19H2,1-3H3,(H,35,40)(H,38,39). The molecule has 2 heterocycles. The van der Waals surface area contributed by atoms with Crippen LogP contribution in [0.3, 0.4) is 0 Å². The van der Waals surface area contributed by atoms with Gasteiger partial charge in [-0.25, -0.2) is 14.6 Å². The number of ether oxygens (including phenoxy) is 3. The number of pyridine rings is 1. The predicted molar refractivity (Wildman–Crippen MR) is 162 cm³/mol. The van der Waals surface area contributed by atoms with E-state index in [4.69, 9.17) is 19.2 Å². The number of carbonyl (C=O) groups is 2. The van der Waals surface area contributed by atoms with Crippen molar-refractivity contribution in [3.8, 4) is 33.9 Å². The van der Waals surface area contributed by atoms with Crippen molar-refractivity contribution in [2.75, 3.05) is 20.8 Å². The molecule has 5 aromatic rings. The summed E-state index contributed by atoms with van der Waals surface area (Å²) in [6.07, 6.45) is 1.06. The monoisotopic (exact) mass is 577 g/mol. The lowest BCUT2D eigenvalue weighted by Gasteiger charge is -2.18. The maximum atomic E-state index is 13.0. The Morgan fingerprint density at radius 3 is 2.26 bits per heavy atom. The van der Waals surface area contributed by atoms with E-state index in [1.165, 1.54) is 0 Å². The minimum absolute atomic E-state index is 0.0339. The molecule has 0 radical (unpaired) electrons. The number of carboxylic acids is 1. The fourth-order valence-corrected chi connectivity index (χ4v) is 5.79. The van der Waals surface area contributed by atoms with Crippen molar-refractivity contribution in [1.82, 2.24) is 14.7 Å². The van der Waals surface area contributed by atoms with Gasteiger partial charge in [0.15, 0.2) is 11.5 Å². The summed E-state index contributed by atoms with van der Waals surface area (Å²) in [4.78, 5) is 30.3. The van der Waals surface area contributed by atoms with Gasteiger partial charge in [0.2, 0.25) is 0 Å². The van der Waals surface area contributed by atoms with E-state index in [9.17, 15) is 14.7 Å². The lowest BCUT2D eigenvalue weighted by atomic mass is 9.98. The number of hydrogen-bond donors (Lipinski definition) is 2. The Morgan fingerprint density at radius 2 is 1.60 bits per heavy atom. The number of nitrogens with zero attached hydrogens (tertiary/aromatic N) is 2. The fraction of sp³-hybridized carbons (Fsp3) is 0.206. The molecule has 1 aliphatic carbocycles. The Balaban J connectivity index is 1.26. The number of aryl methyl sites for hydroxylation is 1. The molecular formula is C34H31N3O6. The average Bonchev–Trinajstić information content (AvgIpc) is 3.54. The van der Waals surface area contributed by atoms with Crippen LogP contribution in [0.15, 0.2) is 85.1 Å². The number of carbonyl (C=O) groups excluding carboxylic acids is 1. The van der Waals surface area contributed by atoms with Gasteiger partial charge >= 0.3 is 12.1 Å². The van der Waals surface area contributed by atoms with E-state index < -0.39 is 18.1 Å². The summed E-state index contributed by atoms with van der Waals surface area (Å²) in [5.74, 6) is -0.243. The Morgan fingerprint density at radius 1 is 0.930 bits per heavy atom. The summed E-state index contributed by atoms with van der Waals surface area (Å²) in [6, 6.07) is 24.0. The Hall–Kier alpha value is -5.31. The summed E-state index contributed by atoms with van der Waals surface area (Å²) in [5.41, 5.74) is 7.92. The van der Waals surface area contributed by atoms with Crippen LogP contribution in [0.5, 0.6) is 11.5 Å². The molecule has 3 aromatic carbocycles. The first-order valence-electron chi connectivity index (χ1n) is 13.9. The molecule has 6 rings (SSSR count). The van der Waals surface area contributed by atoms with Crippen molar-refractivity contribution < 1.29 is 28.9 Å². The molecule has 0 saturated carbocycles. The van der Waals surface area contributed by atoms with E-state index in [1.54, 1.807) is 26.4 Å². The van der Waals surface area contributed by atoms with Gasteiger partial charge in [-0.2, -0.15) is 0 Å². The first-order valence-corrected chi connectivity index (χ1v) is 13.9. The molecule has 1 atom stereocenters. The zero-order valence-corrected chi connectivity index (χ0v) is 24.0. The normalized spacial score (nSPS) is 12.8. The van der Waals surface area contributed by atoms with Crippen molar-refractivity contribution in [3.63, 3.8) is 0 Å². The van der Waals surface area contributed by atoms with Crippen LogP contribution < -0.4 is 14.8 Å². The van der Waals surface area contributed by atoms with Crippen LogP contribution in [-0.2, 0) is 16.0 Å². The molecule has 0 aliphatic heterocycles. The molecular weight excluding hydrogens is 546 g/mol. The number of rotatable bonds is 9. The number of fused-ring (bicyclic) bond motifs is 4. The Bertz CT molecular complexity index is 1800. The summed E-state index contributed by atoms with van der Waals surface area (Å²) in [6.45, 7) is 2.03. The van der Waals surface area contributed by atoms with E-state index in [-0.39, 0.29) is 18.9 Å². The van der Waals surface area contributed by atoms with Gasteiger partial charge in [0.1, 0.15) is 18.3 Å². The number of aromatic nitrogens is 2. The van der Waals surface area contributed by atoms with E-state index in [2.05, 4.69) is 17.4 Å². The average molecular weight is 578 g/mol. The lowest BCUT2D eigenvalue weighted by Crippen LogP contribution is -2.43. The number of imidazole rings is 1. The summed E-state index contributed by atoms with van der Waals surface area (Å²) >= 11 is 0. The highest BCUT2D eigenvalue weighted by atomic mass is 16.5. The van der Waals surface area contributed by atoms with Gasteiger partial charge in [0.05, 0.1) is 25.6 Å². The molecule has 43 heavy (non-hydrogen) atoms. The SMILES string of the molecule is COc1ccc(-c2nc3ccc(C)cn3c2CC(NC(=O)OCC2c3ccccc3-c3ccccc32)C(=O)O)cc1OC. The number of aliphatic carboxylic acids is 1. The molecule has 218 valence electrons. The molecule has 9 heteroatoms. The first kappa shape index (κ1) is 27.8. The topological polar surface area (TPSA) is 111 Å². The fourth-order valence-electron chi connectivity index (χ4n) is 5.79. The Labute approximate surface area is 248 Å². The van der Waals surface area contributed by atoms with Crippen molar-refractivity contribution in [2.24, 2.45) is 0 Å². The third kappa shape index (κ3) is 5.25. The molecule has 2 N–H and O–H groups in total. The summed E-state index contributed by atoms with van der Waals surface area (Å²) < 4.78 is 18.4. The number of nitrogens with one attached hydrogen (secondary N) is 1. The minimum Gasteiger partial charge on any atom is -0.493 e. The molecule has 0 saturated heterocycles. The first-order chi connectivity index (χ1) is 20.9. The van der Waals surface area contributed by atoms with Crippen LogP contribution in [0, 0.1) is 6.92 Å². The van der Waals surface area contributed by atoms with Crippen molar-refractivity contribution >= 4 is 17.7 Å². The van der Waals surface area contributed by atoms with E-state index in [0.717, 1.165) is 33.4 Å². The van der Waals surface area contributed by atoms with E-state index >= 15 is 0 Å². The van der Waals surface area contributed by atoms with Crippen LogP contribution in [0.1, 0.15) is 28.3 Å². The van der Waals surface area contributed by atoms with Crippen LogP contribution in [0.4, 0.5) is 4.79 Å². The van der Waals surface area contributed by atoms with Gasteiger partial charge in [0, 0.05) is 24.1 Å². The van der Waals surface area contributed by atoms with Crippen LogP contribution >= 0.6 is 0 Å². The largest absolute Gasteiger partial charge is 0.493 e. The smallest absolute Gasteiger partial charge is 0.407 e. The zero-order chi connectivity index (χ0) is 30.1. The number of carboxylic acid groups (broad SMARTS) is 1. The highest BCUT2D eigenvalue weighted by Gasteiger charge is 2.30. The number of benzene rings is 3. The number of hydrogen-bond acceptors (Lipinski definition) is 6. The maximum absolute atomic E-state index is 13.0. The second-order valence-electron chi connectivity index (χ2n) is 10.5. The summed E-state index contributed by atoms with van der Waals surface area (Å²) in [5, 5.41) is 12.7. The molecule has 0 spiro atoms. The second kappa shape index (κ2) is 11.5. The third-order valence-electron chi connectivity index (χ3n) is 7.85. The second-order valence-corrected chi connectivity index (χ2v) is 10.5. The zero-order valence-electron chi connectivity index (χ0n) is 24.0. The molecule has 1 unspecified atom stereocenters. The molecule has 1 amide bonds. The number of amides is 1. The predicted octanol–water partition coefficient (Wildman–Crippen LogP) is 5.86. The van der Waals surface area contributed by atoms with Gasteiger partial charge in [-0.05, 0) is 59.0 Å².